The third-order valence-electron chi connectivity index (χ3n) is 5.61. The molecule has 2 aliphatic rings. The summed E-state index contributed by atoms with van der Waals surface area (Å²) < 4.78 is 1.01. The largest absolute Gasteiger partial charge is 0.369 e. The average Bonchev–Trinajstić information content (AvgIpc) is 3.11. The van der Waals surface area contributed by atoms with Gasteiger partial charge in [-0.2, -0.15) is 0 Å². The average molecular weight is 424 g/mol. The van der Waals surface area contributed by atoms with Gasteiger partial charge in [0.05, 0.1) is 10.5 Å². The van der Waals surface area contributed by atoms with Crippen LogP contribution in [0, 0.1) is 0 Å². The molecule has 25 heavy (non-hydrogen) atoms. The molecule has 2 saturated heterocycles. The summed E-state index contributed by atoms with van der Waals surface area (Å²) in [7, 11) is 0. The highest BCUT2D eigenvalue weighted by atomic mass is 79.9. The Balaban J connectivity index is 1.53. The molecule has 134 valence electrons. The van der Waals surface area contributed by atoms with Gasteiger partial charge < -0.3 is 9.80 Å². The first kappa shape index (κ1) is 17.5. The zero-order valence-corrected chi connectivity index (χ0v) is 16.9. The van der Waals surface area contributed by atoms with Crippen LogP contribution in [0.5, 0.6) is 0 Å². The molecule has 0 saturated carbocycles. The van der Waals surface area contributed by atoms with E-state index in [4.69, 9.17) is 11.6 Å². The molecule has 0 N–H and O–H groups in total. The maximum absolute atomic E-state index is 6.39. The number of pyridine rings is 1. The number of aromatic nitrogens is 1. The van der Waals surface area contributed by atoms with E-state index in [1.165, 1.54) is 44.8 Å². The Bertz CT molecular complexity index is 760. The van der Waals surface area contributed by atoms with E-state index in [2.05, 4.69) is 54.7 Å². The fourth-order valence-electron chi connectivity index (χ4n) is 4.14. The molecule has 0 spiro atoms. The highest BCUT2D eigenvalue weighted by Crippen LogP contribution is 2.34. The second-order valence-electron chi connectivity index (χ2n) is 6.97. The highest BCUT2D eigenvalue weighted by Gasteiger charge is 2.30. The molecular formula is C19H24BrClN4. The molecule has 1 aromatic heterocycles. The third kappa shape index (κ3) is 3.52. The summed E-state index contributed by atoms with van der Waals surface area (Å²) in [4.78, 5) is 12.2. The summed E-state index contributed by atoms with van der Waals surface area (Å²) in [5, 5.41) is 1.84. The van der Waals surface area contributed by atoms with Crippen molar-refractivity contribution in [3.8, 4) is 0 Å². The molecule has 0 aliphatic carbocycles. The summed E-state index contributed by atoms with van der Waals surface area (Å²) in [6.07, 6.45) is 3.11. The minimum Gasteiger partial charge on any atom is -0.369 e. The van der Waals surface area contributed by atoms with Crippen LogP contribution in [0.25, 0.3) is 10.9 Å². The third-order valence-corrected chi connectivity index (χ3v) is 6.36. The van der Waals surface area contributed by atoms with Gasteiger partial charge in [0.15, 0.2) is 0 Å². The van der Waals surface area contributed by atoms with Gasteiger partial charge in [0.1, 0.15) is 0 Å². The molecule has 3 heterocycles. The quantitative estimate of drug-likeness (QED) is 0.747. The van der Waals surface area contributed by atoms with Gasteiger partial charge in [-0.25, -0.2) is 0 Å². The van der Waals surface area contributed by atoms with Crippen LogP contribution in [0.1, 0.15) is 13.3 Å². The lowest BCUT2D eigenvalue weighted by atomic mass is 10.1. The molecule has 0 bridgehead atoms. The number of halogens is 2. The number of anilines is 1. The van der Waals surface area contributed by atoms with E-state index in [1.54, 1.807) is 0 Å². The van der Waals surface area contributed by atoms with Gasteiger partial charge in [-0.05, 0) is 31.2 Å². The predicted molar refractivity (Wildman–Crippen MR) is 109 cm³/mol. The van der Waals surface area contributed by atoms with Crippen molar-refractivity contribution in [2.24, 2.45) is 0 Å². The van der Waals surface area contributed by atoms with E-state index in [9.17, 15) is 0 Å². The second kappa shape index (κ2) is 7.39. The van der Waals surface area contributed by atoms with Crippen LogP contribution in [-0.4, -0.2) is 66.6 Å². The van der Waals surface area contributed by atoms with Gasteiger partial charge in [0.2, 0.25) is 0 Å². The van der Waals surface area contributed by atoms with Crippen molar-refractivity contribution in [1.29, 1.82) is 0 Å². The summed E-state index contributed by atoms with van der Waals surface area (Å²) >= 11 is 9.96. The topological polar surface area (TPSA) is 22.6 Å². The molecular weight excluding hydrogens is 400 g/mol. The molecule has 4 nitrogen and oxygen atoms in total. The smallest absolute Gasteiger partial charge is 0.0909 e. The molecule has 2 fully saturated rings. The van der Waals surface area contributed by atoms with Crippen LogP contribution >= 0.6 is 27.5 Å². The lowest BCUT2D eigenvalue weighted by Crippen LogP contribution is -2.50. The Morgan fingerprint density at radius 3 is 2.76 bits per heavy atom. The normalized spacial score (nSPS) is 22.8. The van der Waals surface area contributed by atoms with Crippen molar-refractivity contribution in [3.05, 3.63) is 33.9 Å². The first-order valence-corrected chi connectivity index (χ1v) is 10.3. The van der Waals surface area contributed by atoms with Gasteiger partial charge in [0, 0.05) is 67.1 Å². The fraction of sp³-hybridized carbons (Fsp3) is 0.526. The van der Waals surface area contributed by atoms with Crippen LogP contribution < -0.4 is 4.90 Å². The van der Waals surface area contributed by atoms with Crippen molar-refractivity contribution in [2.75, 3.05) is 50.7 Å². The molecule has 4 rings (SSSR count). The number of fused-ring (bicyclic) bond motifs is 1. The van der Waals surface area contributed by atoms with E-state index < -0.39 is 0 Å². The Hall–Kier alpha value is -0.880. The Labute approximate surface area is 162 Å². The molecule has 2 aromatic rings. The molecule has 0 radical (unpaired) electrons. The summed E-state index contributed by atoms with van der Waals surface area (Å²) in [5.74, 6) is 0. The van der Waals surface area contributed by atoms with Crippen molar-refractivity contribution in [1.82, 2.24) is 14.8 Å². The summed E-state index contributed by atoms with van der Waals surface area (Å²) in [6, 6.07) is 6.84. The molecule has 1 aromatic carbocycles. The van der Waals surface area contributed by atoms with Crippen molar-refractivity contribution in [2.45, 2.75) is 19.4 Å². The highest BCUT2D eigenvalue weighted by molar-refractivity contribution is 9.10. The van der Waals surface area contributed by atoms with Gasteiger partial charge in [-0.15, -0.1) is 0 Å². The number of nitrogens with zero attached hydrogens (tertiary/aromatic N) is 4. The number of likely N-dealkylation sites (N-methyl/N-ethyl adjacent to an activating group) is 1. The van der Waals surface area contributed by atoms with E-state index >= 15 is 0 Å². The Kier molecular flexibility index (Phi) is 5.18. The van der Waals surface area contributed by atoms with Gasteiger partial charge in [-0.1, -0.05) is 34.5 Å². The molecule has 0 amide bonds. The maximum Gasteiger partial charge on any atom is 0.0909 e. The van der Waals surface area contributed by atoms with Gasteiger partial charge in [-0.3, -0.25) is 9.88 Å². The molecule has 6 heteroatoms. The Morgan fingerprint density at radius 1 is 1.20 bits per heavy atom. The van der Waals surface area contributed by atoms with Gasteiger partial charge >= 0.3 is 0 Å². The lowest BCUT2D eigenvalue weighted by Gasteiger charge is -2.37. The van der Waals surface area contributed by atoms with Crippen molar-refractivity contribution >= 4 is 44.1 Å². The van der Waals surface area contributed by atoms with Crippen molar-refractivity contribution < 1.29 is 0 Å². The van der Waals surface area contributed by atoms with E-state index in [0.29, 0.717) is 11.1 Å². The molecule has 1 unspecified atom stereocenters. The molecule has 1 atom stereocenters. The van der Waals surface area contributed by atoms with Crippen molar-refractivity contribution in [3.63, 3.8) is 0 Å². The lowest BCUT2D eigenvalue weighted by molar-refractivity contribution is 0.107. The number of benzene rings is 1. The number of hydrogen-bond acceptors (Lipinski definition) is 4. The monoisotopic (exact) mass is 422 g/mol. The summed E-state index contributed by atoms with van der Waals surface area (Å²) in [5.41, 5.74) is 2.14. The molecule has 2 aliphatic heterocycles. The zero-order chi connectivity index (χ0) is 17.4. The summed E-state index contributed by atoms with van der Waals surface area (Å²) in [6.45, 7) is 10.4. The maximum atomic E-state index is 6.39. The number of piperazine rings is 1. The van der Waals surface area contributed by atoms with Crippen LogP contribution in [0.4, 0.5) is 5.69 Å². The first-order valence-electron chi connectivity index (χ1n) is 9.11. The Morgan fingerprint density at radius 2 is 2.00 bits per heavy atom. The predicted octanol–water partition coefficient (Wildman–Crippen LogP) is 3.87. The number of hydrogen-bond donors (Lipinski definition) is 0. The second-order valence-corrected chi connectivity index (χ2v) is 8.30. The van der Waals surface area contributed by atoms with E-state index in [0.717, 1.165) is 28.5 Å². The van der Waals surface area contributed by atoms with Crippen LogP contribution in [0.3, 0.4) is 0 Å². The zero-order valence-electron chi connectivity index (χ0n) is 14.6. The SMILES string of the molecule is CCN1CCN(C2CCN(c3ccnc4c(Cl)cc(Br)cc34)C2)CC1. The minimum absolute atomic E-state index is 0.657. The van der Waals surface area contributed by atoms with Gasteiger partial charge in [0.25, 0.3) is 0 Å². The van der Waals surface area contributed by atoms with E-state index in [-0.39, 0.29) is 0 Å². The number of rotatable bonds is 3. The minimum atomic E-state index is 0.657. The van der Waals surface area contributed by atoms with Crippen LogP contribution in [0.2, 0.25) is 5.02 Å². The van der Waals surface area contributed by atoms with Crippen LogP contribution in [0.15, 0.2) is 28.9 Å². The standard InChI is InChI=1S/C19H24BrClN4/c1-2-23-7-9-24(10-8-23)15-4-6-25(13-15)18-3-5-22-19-16(18)11-14(20)12-17(19)21/h3,5,11-12,15H,2,4,6-10,13H2,1H3. The van der Waals surface area contributed by atoms with Crippen LogP contribution in [-0.2, 0) is 0 Å². The first-order chi connectivity index (χ1) is 12.2. The fourth-order valence-corrected chi connectivity index (χ4v) is 5.00. The van der Waals surface area contributed by atoms with E-state index in [1.807, 2.05) is 12.3 Å².